The lowest BCUT2D eigenvalue weighted by Gasteiger charge is -1.73. The molecule has 0 aliphatic carbocycles. The summed E-state index contributed by atoms with van der Waals surface area (Å²) in [5.74, 6) is 0. The number of aromatic amines is 1. The first-order valence-corrected chi connectivity index (χ1v) is 2.78. The summed E-state index contributed by atoms with van der Waals surface area (Å²) in [7, 11) is 0. The fourth-order valence-corrected chi connectivity index (χ4v) is 0.861. The molecule has 0 amide bonds. The molecule has 0 fully saturated rings. The maximum Gasteiger partial charge on any atom is 0.195 e. The number of fused-ring (bicyclic) bond motifs is 1. The third-order valence-corrected chi connectivity index (χ3v) is 1.37. The molecule has 0 saturated carbocycles. The van der Waals surface area contributed by atoms with Crippen LogP contribution in [0.25, 0.3) is 5.65 Å². The molecule has 2 aromatic heterocycles. The highest BCUT2D eigenvalue weighted by Crippen LogP contribution is 2.11. The summed E-state index contributed by atoms with van der Waals surface area (Å²) in [5, 5.41) is 10.8. The summed E-state index contributed by atoms with van der Waals surface area (Å²) >= 11 is 5.66. The highest BCUT2D eigenvalue weighted by atomic mass is 35.5. The van der Waals surface area contributed by atoms with Gasteiger partial charge in [-0.15, -0.1) is 10.2 Å². The van der Waals surface area contributed by atoms with Gasteiger partial charge in [-0.05, 0) is 0 Å². The normalized spacial score (nSPS) is 10.8. The van der Waals surface area contributed by atoms with Crippen molar-refractivity contribution in [3.8, 4) is 0 Å². The summed E-state index contributed by atoms with van der Waals surface area (Å²) < 4.78 is 1.64. The van der Waals surface area contributed by atoms with Crippen molar-refractivity contribution in [1.29, 1.82) is 0 Å². The van der Waals surface area contributed by atoms with Crippen molar-refractivity contribution in [1.82, 2.24) is 19.8 Å². The predicted octanol–water partition coefficient (Wildman–Crippen LogP) is 0.711. The summed E-state index contributed by atoms with van der Waals surface area (Å²) in [6, 6.07) is 0. The number of H-pyrrole nitrogens is 1. The number of rotatable bonds is 0. The first-order valence-electron chi connectivity index (χ1n) is 2.40. The van der Waals surface area contributed by atoms with Crippen molar-refractivity contribution >= 4 is 17.2 Å². The molecular weight excluding hydrogens is 140 g/mol. The lowest BCUT2D eigenvalue weighted by atomic mass is 10.7. The summed E-state index contributed by atoms with van der Waals surface area (Å²) in [4.78, 5) is 0. The lowest BCUT2D eigenvalue weighted by Crippen LogP contribution is -1.75. The summed E-state index contributed by atoms with van der Waals surface area (Å²) in [5.41, 5.74) is 0.664. The molecule has 1 N–H and O–H groups in total. The average molecular weight is 143 g/mol. The van der Waals surface area contributed by atoms with E-state index in [2.05, 4.69) is 15.3 Å². The molecule has 0 radical (unpaired) electrons. The summed E-state index contributed by atoms with van der Waals surface area (Å²) in [6.45, 7) is 0. The predicted molar refractivity (Wildman–Crippen MR) is 32.3 cm³/mol. The van der Waals surface area contributed by atoms with Crippen molar-refractivity contribution in [2.24, 2.45) is 0 Å². The van der Waals surface area contributed by atoms with Crippen LogP contribution in [0.5, 0.6) is 0 Å². The van der Waals surface area contributed by atoms with Gasteiger partial charge in [-0.2, -0.15) is 0 Å². The number of nitrogens with one attached hydrogen (secondary N) is 1. The Morgan fingerprint density at radius 3 is 3.33 bits per heavy atom. The van der Waals surface area contributed by atoms with Gasteiger partial charge in [0, 0.05) is 6.20 Å². The van der Waals surface area contributed by atoms with Gasteiger partial charge < -0.3 is 0 Å². The molecular formula is C4H3ClN4. The van der Waals surface area contributed by atoms with Gasteiger partial charge >= 0.3 is 0 Å². The van der Waals surface area contributed by atoms with Crippen LogP contribution >= 0.6 is 11.6 Å². The minimum atomic E-state index is 0.590. The molecule has 0 saturated heterocycles. The lowest BCUT2D eigenvalue weighted by molar-refractivity contribution is 0.955. The van der Waals surface area contributed by atoms with Crippen LogP contribution in [0.4, 0.5) is 0 Å². The Balaban J connectivity index is 2.99. The molecule has 2 heterocycles. The Kier molecular flexibility index (Phi) is 0.790. The number of aromatic nitrogens is 4. The van der Waals surface area contributed by atoms with Gasteiger partial charge in [-0.1, -0.05) is 11.6 Å². The molecule has 46 valence electrons. The van der Waals surface area contributed by atoms with Crippen LogP contribution in [0.2, 0.25) is 5.02 Å². The fourth-order valence-electron chi connectivity index (χ4n) is 0.683. The van der Waals surface area contributed by atoms with Crippen LogP contribution < -0.4 is 0 Å². The van der Waals surface area contributed by atoms with Crippen LogP contribution in [0.15, 0.2) is 12.5 Å². The third kappa shape index (κ3) is 0.533. The van der Waals surface area contributed by atoms with Gasteiger partial charge in [-0.25, -0.2) is 4.52 Å². The van der Waals surface area contributed by atoms with Gasteiger partial charge in [0.1, 0.15) is 11.3 Å². The fraction of sp³-hybridized carbons (Fsp3) is 0. The third-order valence-electron chi connectivity index (χ3n) is 1.09. The van der Waals surface area contributed by atoms with E-state index in [1.165, 1.54) is 0 Å². The zero-order valence-electron chi connectivity index (χ0n) is 4.37. The van der Waals surface area contributed by atoms with Gasteiger partial charge in [0.2, 0.25) is 0 Å². The molecule has 0 spiro atoms. The second kappa shape index (κ2) is 1.48. The van der Waals surface area contributed by atoms with E-state index in [0.717, 1.165) is 0 Å². The van der Waals surface area contributed by atoms with E-state index in [9.17, 15) is 0 Å². The maximum atomic E-state index is 5.66. The van der Waals surface area contributed by atoms with Crippen molar-refractivity contribution in [2.75, 3.05) is 0 Å². The van der Waals surface area contributed by atoms with Crippen molar-refractivity contribution < 1.29 is 0 Å². The van der Waals surface area contributed by atoms with Crippen LogP contribution in [0.3, 0.4) is 0 Å². The minimum Gasteiger partial charge on any atom is -0.297 e. The Morgan fingerprint density at radius 2 is 2.56 bits per heavy atom. The maximum absolute atomic E-state index is 5.66. The Morgan fingerprint density at radius 1 is 1.67 bits per heavy atom. The molecule has 0 aliphatic heterocycles. The second-order valence-electron chi connectivity index (χ2n) is 1.65. The SMILES string of the molecule is Clc1c[nH]n2cnnc12. The highest BCUT2D eigenvalue weighted by Gasteiger charge is 1.99. The van der Waals surface area contributed by atoms with E-state index in [-0.39, 0.29) is 0 Å². The minimum absolute atomic E-state index is 0.590. The first-order chi connectivity index (χ1) is 4.38. The monoisotopic (exact) mass is 142 g/mol. The van der Waals surface area contributed by atoms with E-state index in [4.69, 9.17) is 11.6 Å². The molecule has 0 atom stereocenters. The van der Waals surface area contributed by atoms with Gasteiger partial charge in [-0.3, -0.25) is 5.10 Å². The van der Waals surface area contributed by atoms with E-state index < -0.39 is 0 Å². The van der Waals surface area contributed by atoms with Gasteiger partial charge in [0.05, 0.1) is 0 Å². The van der Waals surface area contributed by atoms with Crippen LogP contribution in [-0.2, 0) is 0 Å². The first kappa shape index (κ1) is 4.81. The van der Waals surface area contributed by atoms with E-state index in [1.54, 1.807) is 17.0 Å². The van der Waals surface area contributed by atoms with Gasteiger partial charge in [0.25, 0.3) is 0 Å². The van der Waals surface area contributed by atoms with Crippen molar-refractivity contribution in [3.05, 3.63) is 17.5 Å². The molecule has 0 aromatic carbocycles. The van der Waals surface area contributed by atoms with Crippen LogP contribution in [0, 0.1) is 0 Å². The quantitative estimate of drug-likeness (QED) is 0.589. The zero-order chi connectivity index (χ0) is 6.27. The van der Waals surface area contributed by atoms with Crippen molar-refractivity contribution in [2.45, 2.75) is 0 Å². The molecule has 2 rings (SSSR count). The Labute approximate surface area is 55.4 Å². The molecule has 0 aliphatic rings. The summed E-state index contributed by atoms with van der Waals surface area (Å²) in [6.07, 6.45) is 3.22. The van der Waals surface area contributed by atoms with E-state index in [0.29, 0.717) is 10.7 Å². The Bertz CT molecular complexity index is 322. The standard InChI is InChI=1S/C4H3ClN4/c5-3-1-7-9-2-6-8-4(3)9/h1-2,7H. The van der Waals surface area contributed by atoms with Gasteiger partial charge in [0.15, 0.2) is 5.65 Å². The average Bonchev–Trinajstić information content (AvgIpc) is 2.35. The molecule has 5 heteroatoms. The second-order valence-corrected chi connectivity index (χ2v) is 2.05. The van der Waals surface area contributed by atoms with Crippen LogP contribution in [-0.4, -0.2) is 19.8 Å². The molecule has 9 heavy (non-hydrogen) atoms. The zero-order valence-corrected chi connectivity index (χ0v) is 5.13. The topological polar surface area (TPSA) is 46.0 Å². The number of hydrogen-bond donors (Lipinski definition) is 1. The largest absolute Gasteiger partial charge is 0.297 e. The van der Waals surface area contributed by atoms with Crippen molar-refractivity contribution in [3.63, 3.8) is 0 Å². The number of nitrogens with zero attached hydrogens (tertiary/aromatic N) is 3. The van der Waals surface area contributed by atoms with E-state index in [1.807, 2.05) is 0 Å². The van der Waals surface area contributed by atoms with E-state index >= 15 is 0 Å². The molecule has 4 nitrogen and oxygen atoms in total. The highest BCUT2D eigenvalue weighted by molar-refractivity contribution is 6.33. The molecule has 2 aromatic rings. The number of halogens is 1. The van der Waals surface area contributed by atoms with Crippen LogP contribution in [0.1, 0.15) is 0 Å². The molecule has 0 unspecified atom stereocenters. The number of hydrogen-bond acceptors (Lipinski definition) is 2. The molecule has 0 bridgehead atoms. The Hall–Kier alpha value is -1.03. The smallest absolute Gasteiger partial charge is 0.195 e.